The van der Waals surface area contributed by atoms with Gasteiger partial charge in [-0.15, -0.1) is 0 Å². The summed E-state index contributed by atoms with van der Waals surface area (Å²) >= 11 is 0. The summed E-state index contributed by atoms with van der Waals surface area (Å²) in [6.07, 6.45) is 1.65. The Balaban J connectivity index is 0.000000968. The molecule has 1 aliphatic rings. The molecule has 0 saturated carbocycles. The van der Waals surface area contributed by atoms with Crippen molar-refractivity contribution in [3.63, 3.8) is 0 Å². The number of pyridine rings is 1. The predicted octanol–water partition coefficient (Wildman–Crippen LogP) is 3.58. The van der Waals surface area contributed by atoms with Crippen molar-refractivity contribution in [1.82, 2.24) is 4.98 Å². The van der Waals surface area contributed by atoms with Crippen LogP contribution in [0.15, 0.2) is 60.7 Å². The van der Waals surface area contributed by atoms with Crippen molar-refractivity contribution < 1.29 is 24.9 Å². The van der Waals surface area contributed by atoms with Crippen LogP contribution < -0.4 is 4.90 Å². The molecule has 1 fully saturated rings. The second-order valence-electron chi connectivity index (χ2n) is 8.36. The van der Waals surface area contributed by atoms with Crippen molar-refractivity contribution in [1.29, 1.82) is 0 Å². The van der Waals surface area contributed by atoms with E-state index in [1.807, 2.05) is 36.4 Å². The topological polar surface area (TPSA) is 103 Å². The first kappa shape index (κ1) is 24.6. The standard InChI is InChI=1S/C25H30N2O3.CH2O2/c1-30-15-7-13-25(18-28)17-27(14-12-24(25)29)23-16-22(19-8-3-2-4-9-19)26-21-11-6-5-10-20(21)23;2-1-3/h2-6,8-11,16,24,28-29H,7,12-15,17-18H2,1H3;1H,(H,2,3)/t24-,25+;/m1./s1. The van der Waals surface area contributed by atoms with Crippen LogP contribution in [0.4, 0.5) is 5.69 Å². The number of carboxylic acid groups (broad SMARTS) is 1. The average molecular weight is 453 g/mol. The van der Waals surface area contributed by atoms with E-state index >= 15 is 0 Å². The van der Waals surface area contributed by atoms with Gasteiger partial charge >= 0.3 is 0 Å². The number of hydrogen-bond acceptors (Lipinski definition) is 6. The lowest BCUT2D eigenvalue weighted by atomic mass is 9.74. The molecule has 0 unspecified atom stereocenters. The van der Waals surface area contributed by atoms with Crippen molar-refractivity contribution >= 4 is 23.1 Å². The molecule has 4 rings (SSSR count). The first-order valence-corrected chi connectivity index (χ1v) is 11.1. The van der Waals surface area contributed by atoms with Crippen LogP contribution in [0.5, 0.6) is 0 Å². The summed E-state index contributed by atoms with van der Waals surface area (Å²) in [5.41, 5.74) is 3.53. The van der Waals surface area contributed by atoms with E-state index in [2.05, 4.69) is 29.2 Å². The zero-order valence-corrected chi connectivity index (χ0v) is 18.9. The minimum atomic E-state index is -0.548. The van der Waals surface area contributed by atoms with Crippen molar-refractivity contribution in [3.05, 3.63) is 60.7 Å². The number of hydrogen-bond donors (Lipinski definition) is 3. The van der Waals surface area contributed by atoms with E-state index in [-0.39, 0.29) is 13.1 Å². The van der Waals surface area contributed by atoms with E-state index in [4.69, 9.17) is 19.6 Å². The van der Waals surface area contributed by atoms with Gasteiger partial charge in [-0.3, -0.25) is 4.79 Å². The number of piperidine rings is 1. The van der Waals surface area contributed by atoms with Crippen molar-refractivity contribution in [3.8, 4) is 11.3 Å². The van der Waals surface area contributed by atoms with Gasteiger partial charge in [0.25, 0.3) is 6.47 Å². The zero-order chi connectivity index (χ0) is 23.7. The Kier molecular flexibility index (Phi) is 8.77. The molecular weight excluding hydrogens is 420 g/mol. The smallest absolute Gasteiger partial charge is 0.290 e. The van der Waals surface area contributed by atoms with Gasteiger partial charge in [-0.05, 0) is 31.4 Å². The number of benzene rings is 2. The molecule has 7 heteroatoms. The quantitative estimate of drug-likeness (QED) is 0.372. The first-order valence-electron chi connectivity index (χ1n) is 11.1. The SMILES string of the molecule is COCCC[C@@]1(CO)CN(c2cc(-c3ccccc3)nc3ccccc23)CC[C@H]1O.O=CO. The second kappa shape index (κ2) is 11.7. The molecule has 1 saturated heterocycles. The summed E-state index contributed by atoms with van der Waals surface area (Å²) in [5, 5.41) is 29.1. The molecule has 0 spiro atoms. The van der Waals surface area contributed by atoms with E-state index in [1.54, 1.807) is 7.11 Å². The highest BCUT2D eigenvalue weighted by Crippen LogP contribution is 2.39. The Morgan fingerprint density at radius 3 is 2.58 bits per heavy atom. The molecule has 2 aromatic carbocycles. The van der Waals surface area contributed by atoms with Crippen LogP contribution in [0.25, 0.3) is 22.2 Å². The normalized spacial score (nSPS) is 20.2. The monoisotopic (exact) mass is 452 g/mol. The molecule has 0 bridgehead atoms. The third-order valence-corrected chi connectivity index (χ3v) is 6.33. The molecule has 3 aromatic rings. The third kappa shape index (κ3) is 5.68. The summed E-state index contributed by atoms with van der Waals surface area (Å²) in [4.78, 5) is 15.6. The number of rotatable bonds is 7. The third-order valence-electron chi connectivity index (χ3n) is 6.33. The lowest BCUT2D eigenvalue weighted by Crippen LogP contribution is -2.54. The van der Waals surface area contributed by atoms with Crippen molar-refractivity contribution in [2.24, 2.45) is 5.41 Å². The van der Waals surface area contributed by atoms with Gasteiger partial charge < -0.3 is 25.0 Å². The maximum atomic E-state index is 10.8. The van der Waals surface area contributed by atoms with E-state index in [1.165, 1.54) is 0 Å². The minimum absolute atomic E-state index is 0.0388. The molecule has 1 aromatic heterocycles. The van der Waals surface area contributed by atoms with E-state index in [9.17, 15) is 10.2 Å². The molecule has 3 N–H and O–H groups in total. The van der Waals surface area contributed by atoms with Gasteiger partial charge in [-0.2, -0.15) is 0 Å². The lowest BCUT2D eigenvalue weighted by molar-refractivity contribution is -0.122. The molecule has 2 atom stereocenters. The average Bonchev–Trinajstić information content (AvgIpc) is 2.86. The second-order valence-corrected chi connectivity index (χ2v) is 8.36. The van der Waals surface area contributed by atoms with E-state index in [0.717, 1.165) is 47.2 Å². The minimum Gasteiger partial charge on any atom is -0.483 e. The largest absolute Gasteiger partial charge is 0.483 e. The molecule has 0 aliphatic carbocycles. The number of aliphatic hydroxyl groups is 2. The summed E-state index contributed by atoms with van der Waals surface area (Å²) in [6, 6.07) is 20.5. The Morgan fingerprint density at radius 1 is 1.18 bits per heavy atom. The molecule has 0 amide bonds. The fraction of sp³-hybridized carbons (Fsp3) is 0.385. The van der Waals surface area contributed by atoms with Crippen LogP contribution in [0.2, 0.25) is 0 Å². The van der Waals surface area contributed by atoms with Gasteiger partial charge in [0, 0.05) is 48.9 Å². The summed E-state index contributed by atoms with van der Waals surface area (Å²) < 4.78 is 5.21. The number of methoxy groups -OCH3 is 1. The lowest BCUT2D eigenvalue weighted by Gasteiger charge is -2.46. The highest BCUT2D eigenvalue weighted by molar-refractivity contribution is 5.94. The highest BCUT2D eigenvalue weighted by Gasteiger charge is 2.42. The fourth-order valence-electron chi connectivity index (χ4n) is 4.58. The molecule has 0 radical (unpaired) electrons. The van der Waals surface area contributed by atoms with E-state index < -0.39 is 11.5 Å². The Labute approximate surface area is 194 Å². The van der Waals surface area contributed by atoms with Crippen molar-refractivity contribution in [2.75, 3.05) is 38.3 Å². The number of ether oxygens (including phenoxy) is 1. The van der Waals surface area contributed by atoms with Gasteiger partial charge in [0.15, 0.2) is 0 Å². The number of para-hydroxylation sites is 1. The van der Waals surface area contributed by atoms with Crippen LogP contribution >= 0.6 is 0 Å². The maximum Gasteiger partial charge on any atom is 0.290 e. The van der Waals surface area contributed by atoms with Crippen LogP contribution in [-0.4, -0.2) is 66.3 Å². The summed E-state index contributed by atoms with van der Waals surface area (Å²) in [5.74, 6) is 0. The van der Waals surface area contributed by atoms with Gasteiger partial charge in [0.1, 0.15) is 0 Å². The Bertz CT molecular complexity index is 1030. The van der Waals surface area contributed by atoms with Crippen LogP contribution in [0.3, 0.4) is 0 Å². The van der Waals surface area contributed by atoms with Gasteiger partial charge in [-0.25, -0.2) is 4.98 Å². The van der Waals surface area contributed by atoms with Crippen LogP contribution in [0.1, 0.15) is 19.3 Å². The predicted molar refractivity (Wildman–Crippen MR) is 129 cm³/mol. The Hall–Kier alpha value is -3.00. The molecular formula is C26H32N2O5. The van der Waals surface area contributed by atoms with E-state index in [0.29, 0.717) is 19.6 Å². The fourth-order valence-corrected chi connectivity index (χ4v) is 4.58. The van der Waals surface area contributed by atoms with Crippen LogP contribution in [0, 0.1) is 5.41 Å². The van der Waals surface area contributed by atoms with Crippen LogP contribution in [-0.2, 0) is 9.53 Å². The zero-order valence-electron chi connectivity index (χ0n) is 18.9. The number of anilines is 1. The summed E-state index contributed by atoms with van der Waals surface area (Å²) in [6.45, 7) is 1.69. The molecule has 33 heavy (non-hydrogen) atoms. The highest BCUT2D eigenvalue weighted by atomic mass is 16.5. The number of aromatic nitrogens is 1. The van der Waals surface area contributed by atoms with Gasteiger partial charge in [0.2, 0.25) is 0 Å². The molecule has 7 nitrogen and oxygen atoms in total. The number of aliphatic hydroxyl groups excluding tert-OH is 2. The number of carbonyl (C=O) groups is 1. The number of nitrogens with zero attached hydrogens (tertiary/aromatic N) is 2. The summed E-state index contributed by atoms with van der Waals surface area (Å²) in [7, 11) is 1.68. The van der Waals surface area contributed by atoms with Gasteiger partial charge in [-0.1, -0.05) is 48.5 Å². The molecule has 176 valence electrons. The van der Waals surface area contributed by atoms with Crippen molar-refractivity contribution in [2.45, 2.75) is 25.4 Å². The number of fused-ring (bicyclic) bond motifs is 1. The molecule has 2 heterocycles. The Morgan fingerprint density at radius 2 is 1.88 bits per heavy atom. The molecule has 1 aliphatic heterocycles. The van der Waals surface area contributed by atoms with Gasteiger partial charge in [0.05, 0.1) is 23.9 Å². The first-order chi connectivity index (χ1) is 16.1. The maximum absolute atomic E-state index is 10.8.